The highest BCUT2D eigenvalue weighted by molar-refractivity contribution is 7.15. The molecule has 1 aliphatic heterocycles. The highest BCUT2D eigenvalue weighted by atomic mass is 32.1. The number of thiophene rings is 1. The second-order valence-corrected chi connectivity index (χ2v) is 8.38. The van der Waals surface area contributed by atoms with Crippen LogP contribution in [0, 0.1) is 0 Å². The van der Waals surface area contributed by atoms with E-state index in [1.54, 1.807) is 19.1 Å². The number of benzene rings is 2. The Kier molecular flexibility index (Phi) is 5.50. The summed E-state index contributed by atoms with van der Waals surface area (Å²) < 4.78 is 5.97. The molecular formula is C24H21NO4S. The number of amides is 1. The SMILES string of the molecule is CC(=O)c1ccc(C(=O)NC[C@@H]2Cc3cc(-c4ccccc4C(C)=O)ccc3O2)s1. The first-order valence-electron chi connectivity index (χ1n) is 9.71. The van der Waals surface area contributed by atoms with Crippen LogP contribution < -0.4 is 10.1 Å². The number of hydrogen-bond acceptors (Lipinski definition) is 5. The third kappa shape index (κ3) is 4.04. The Morgan fingerprint density at radius 3 is 2.50 bits per heavy atom. The van der Waals surface area contributed by atoms with E-state index >= 15 is 0 Å². The first-order chi connectivity index (χ1) is 14.4. The summed E-state index contributed by atoms with van der Waals surface area (Å²) in [5, 5.41) is 2.89. The lowest BCUT2D eigenvalue weighted by Crippen LogP contribution is -2.34. The minimum Gasteiger partial charge on any atom is -0.488 e. The zero-order chi connectivity index (χ0) is 21.3. The van der Waals surface area contributed by atoms with E-state index in [1.165, 1.54) is 18.3 Å². The largest absolute Gasteiger partial charge is 0.488 e. The minimum atomic E-state index is -0.205. The fourth-order valence-corrected chi connectivity index (χ4v) is 4.40. The van der Waals surface area contributed by atoms with Gasteiger partial charge in [0.25, 0.3) is 5.91 Å². The maximum absolute atomic E-state index is 12.4. The van der Waals surface area contributed by atoms with Crippen molar-refractivity contribution in [3.05, 3.63) is 75.5 Å². The van der Waals surface area contributed by atoms with Gasteiger partial charge in [0.2, 0.25) is 0 Å². The van der Waals surface area contributed by atoms with E-state index in [4.69, 9.17) is 4.74 Å². The molecule has 5 nitrogen and oxygen atoms in total. The lowest BCUT2D eigenvalue weighted by Gasteiger charge is -2.11. The molecule has 0 saturated carbocycles. The first kappa shape index (κ1) is 20.0. The van der Waals surface area contributed by atoms with Crippen LogP contribution in [0.15, 0.2) is 54.6 Å². The molecule has 0 fully saturated rings. The molecule has 30 heavy (non-hydrogen) atoms. The predicted octanol–water partition coefficient (Wildman–Crippen LogP) is 4.55. The molecule has 1 aliphatic rings. The normalized spacial score (nSPS) is 14.7. The van der Waals surface area contributed by atoms with E-state index in [1.807, 2.05) is 36.4 Å². The first-order valence-corrected chi connectivity index (χ1v) is 10.5. The van der Waals surface area contributed by atoms with E-state index in [2.05, 4.69) is 11.4 Å². The third-order valence-corrected chi connectivity index (χ3v) is 6.27. The maximum Gasteiger partial charge on any atom is 0.261 e. The average Bonchev–Trinajstić information content (AvgIpc) is 3.38. The van der Waals surface area contributed by atoms with Crippen LogP contribution in [0.1, 0.15) is 49.1 Å². The number of hydrogen-bond donors (Lipinski definition) is 1. The zero-order valence-electron chi connectivity index (χ0n) is 16.7. The molecule has 2 aromatic carbocycles. The van der Waals surface area contributed by atoms with Gasteiger partial charge in [-0.05, 0) is 54.8 Å². The Balaban J connectivity index is 1.43. The van der Waals surface area contributed by atoms with Crippen molar-refractivity contribution in [3.8, 4) is 16.9 Å². The van der Waals surface area contributed by atoms with Crippen LogP contribution in [0.4, 0.5) is 0 Å². The van der Waals surface area contributed by atoms with E-state index in [0.717, 1.165) is 22.4 Å². The summed E-state index contributed by atoms with van der Waals surface area (Å²) >= 11 is 1.19. The average molecular weight is 420 g/mol. The fraction of sp³-hybridized carbons (Fsp3) is 0.208. The lowest BCUT2D eigenvalue weighted by atomic mass is 9.95. The van der Waals surface area contributed by atoms with Crippen molar-refractivity contribution in [1.82, 2.24) is 5.32 Å². The highest BCUT2D eigenvalue weighted by Crippen LogP contribution is 2.34. The van der Waals surface area contributed by atoms with Gasteiger partial charge in [-0.25, -0.2) is 0 Å². The second-order valence-electron chi connectivity index (χ2n) is 7.30. The van der Waals surface area contributed by atoms with Gasteiger partial charge in [-0.15, -0.1) is 11.3 Å². The van der Waals surface area contributed by atoms with Crippen LogP contribution in [-0.4, -0.2) is 30.1 Å². The summed E-state index contributed by atoms with van der Waals surface area (Å²) in [7, 11) is 0. The van der Waals surface area contributed by atoms with E-state index in [0.29, 0.717) is 28.3 Å². The lowest BCUT2D eigenvalue weighted by molar-refractivity contribution is 0.0936. The summed E-state index contributed by atoms with van der Waals surface area (Å²) in [4.78, 5) is 36.8. The Hall–Kier alpha value is -3.25. The molecule has 1 aromatic heterocycles. The summed E-state index contributed by atoms with van der Waals surface area (Å²) in [6.07, 6.45) is 0.518. The smallest absolute Gasteiger partial charge is 0.261 e. The number of ether oxygens (including phenoxy) is 1. The molecule has 0 radical (unpaired) electrons. The molecule has 2 heterocycles. The molecule has 3 aromatic rings. The highest BCUT2D eigenvalue weighted by Gasteiger charge is 2.24. The summed E-state index contributed by atoms with van der Waals surface area (Å²) in [5.74, 6) is 0.580. The number of rotatable bonds is 6. The Bertz CT molecular complexity index is 1150. The van der Waals surface area contributed by atoms with Crippen molar-refractivity contribution in [2.75, 3.05) is 6.54 Å². The molecule has 152 valence electrons. The number of ketones is 2. The van der Waals surface area contributed by atoms with Gasteiger partial charge in [-0.1, -0.05) is 30.3 Å². The van der Waals surface area contributed by atoms with Crippen molar-refractivity contribution in [2.24, 2.45) is 0 Å². The van der Waals surface area contributed by atoms with Crippen molar-refractivity contribution in [2.45, 2.75) is 26.4 Å². The van der Waals surface area contributed by atoms with Gasteiger partial charge in [0.15, 0.2) is 11.6 Å². The van der Waals surface area contributed by atoms with Gasteiger partial charge < -0.3 is 10.1 Å². The van der Waals surface area contributed by atoms with E-state index in [9.17, 15) is 14.4 Å². The van der Waals surface area contributed by atoms with E-state index in [-0.39, 0.29) is 23.6 Å². The number of carbonyl (C=O) groups is 3. The third-order valence-electron chi connectivity index (χ3n) is 5.09. The minimum absolute atomic E-state index is 0.0319. The second kappa shape index (κ2) is 8.24. The number of Topliss-reactive ketones (excluding diaryl/α,β-unsaturated/α-hetero) is 2. The molecule has 0 spiro atoms. The van der Waals surface area contributed by atoms with Crippen LogP contribution in [0.5, 0.6) is 5.75 Å². The monoisotopic (exact) mass is 419 g/mol. The quantitative estimate of drug-likeness (QED) is 0.595. The number of fused-ring (bicyclic) bond motifs is 1. The fourth-order valence-electron chi connectivity index (χ4n) is 3.59. The van der Waals surface area contributed by atoms with Crippen LogP contribution in [0.2, 0.25) is 0 Å². The molecule has 1 N–H and O–H groups in total. The van der Waals surface area contributed by atoms with Crippen LogP contribution >= 0.6 is 11.3 Å². The van der Waals surface area contributed by atoms with Gasteiger partial charge in [-0.3, -0.25) is 14.4 Å². The van der Waals surface area contributed by atoms with Gasteiger partial charge in [0.1, 0.15) is 11.9 Å². The van der Waals surface area contributed by atoms with Gasteiger partial charge in [0.05, 0.1) is 16.3 Å². The molecule has 1 atom stereocenters. The summed E-state index contributed by atoms with van der Waals surface area (Å²) in [5.41, 5.74) is 3.63. The van der Waals surface area contributed by atoms with Crippen molar-refractivity contribution in [1.29, 1.82) is 0 Å². The Labute approximate surface area is 178 Å². The number of carbonyl (C=O) groups excluding carboxylic acids is 3. The molecule has 0 unspecified atom stereocenters. The predicted molar refractivity (Wildman–Crippen MR) is 117 cm³/mol. The molecule has 0 aliphatic carbocycles. The molecule has 0 bridgehead atoms. The van der Waals surface area contributed by atoms with Gasteiger partial charge >= 0.3 is 0 Å². The maximum atomic E-state index is 12.4. The van der Waals surface area contributed by atoms with Crippen LogP contribution in [0.25, 0.3) is 11.1 Å². The summed E-state index contributed by atoms with van der Waals surface area (Å²) in [6, 6.07) is 16.8. The van der Waals surface area contributed by atoms with Crippen molar-refractivity contribution < 1.29 is 19.1 Å². The van der Waals surface area contributed by atoms with E-state index < -0.39 is 0 Å². The Morgan fingerprint density at radius 2 is 1.77 bits per heavy atom. The molecule has 0 saturated heterocycles. The van der Waals surface area contributed by atoms with Crippen molar-refractivity contribution >= 4 is 28.8 Å². The topological polar surface area (TPSA) is 72.5 Å². The Morgan fingerprint density at radius 1 is 1.00 bits per heavy atom. The standard InChI is InChI=1S/C24H21NO4S/c1-14(26)19-5-3-4-6-20(19)16-7-8-21-17(11-16)12-18(29-21)13-25-24(28)23-10-9-22(30-23)15(2)27/h3-11,18H,12-13H2,1-2H3,(H,25,28)/t18-/m0/s1. The van der Waals surface area contributed by atoms with Gasteiger partial charge in [0, 0.05) is 12.0 Å². The molecule has 6 heteroatoms. The van der Waals surface area contributed by atoms with Gasteiger partial charge in [-0.2, -0.15) is 0 Å². The van der Waals surface area contributed by atoms with Crippen LogP contribution in [0.3, 0.4) is 0 Å². The van der Waals surface area contributed by atoms with Crippen LogP contribution in [-0.2, 0) is 6.42 Å². The zero-order valence-corrected chi connectivity index (χ0v) is 17.5. The summed E-state index contributed by atoms with van der Waals surface area (Å²) in [6.45, 7) is 3.43. The molecule has 1 amide bonds. The number of nitrogens with one attached hydrogen (secondary N) is 1. The molecular weight excluding hydrogens is 398 g/mol. The van der Waals surface area contributed by atoms with Crippen molar-refractivity contribution in [3.63, 3.8) is 0 Å². The molecule has 4 rings (SSSR count).